The summed E-state index contributed by atoms with van der Waals surface area (Å²) in [4.78, 5) is 24.4. The lowest BCUT2D eigenvalue weighted by Crippen LogP contribution is -2.77. The molecule has 2 N–H and O–H groups in total. The summed E-state index contributed by atoms with van der Waals surface area (Å²) in [7, 11) is 0. The number of nitrogens with zero attached hydrogens (tertiary/aromatic N) is 3. The van der Waals surface area contributed by atoms with Gasteiger partial charge in [0.05, 0.1) is 16.4 Å². The van der Waals surface area contributed by atoms with E-state index in [-0.39, 0.29) is 40.2 Å². The average molecular weight is 437 g/mol. The highest BCUT2D eigenvalue weighted by Crippen LogP contribution is 2.67. The fourth-order valence-corrected chi connectivity index (χ4v) is 4.72. The number of rotatable bonds is 6. The summed E-state index contributed by atoms with van der Waals surface area (Å²) in [5, 5.41) is 20.1. The summed E-state index contributed by atoms with van der Waals surface area (Å²) in [5.41, 5.74) is -0.508. The lowest BCUT2D eigenvalue weighted by Gasteiger charge is -2.68. The fourth-order valence-electron chi connectivity index (χ4n) is 4.60. The first kappa shape index (κ1) is 19.1. The molecule has 0 radical (unpaired) electrons. The van der Waals surface area contributed by atoms with Crippen molar-refractivity contribution < 1.29 is 28.2 Å². The van der Waals surface area contributed by atoms with Crippen molar-refractivity contribution in [1.29, 1.82) is 0 Å². The zero-order valence-corrected chi connectivity index (χ0v) is 16.5. The van der Waals surface area contributed by atoms with Crippen LogP contribution in [-0.4, -0.2) is 57.4 Å². The molecule has 1 aromatic carbocycles. The van der Waals surface area contributed by atoms with E-state index in [9.17, 15) is 14.0 Å². The Morgan fingerprint density at radius 2 is 2.07 bits per heavy atom. The smallest absolute Gasteiger partial charge is 0.407 e. The van der Waals surface area contributed by atoms with Gasteiger partial charge in [0.1, 0.15) is 11.6 Å². The van der Waals surface area contributed by atoms with E-state index in [1.165, 1.54) is 17.0 Å². The third kappa shape index (κ3) is 3.06. The number of halogens is 2. The van der Waals surface area contributed by atoms with Gasteiger partial charge in [-0.1, -0.05) is 11.6 Å². The molecule has 3 aliphatic carbocycles. The number of aromatic nitrogens is 2. The van der Waals surface area contributed by atoms with Crippen molar-refractivity contribution in [2.45, 2.75) is 36.1 Å². The Bertz CT molecular complexity index is 1020. The number of likely N-dealkylation sites (tertiary alicyclic amines) is 1. The molecular formula is C19H18ClFN4O5. The van der Waals surface area contributed by atoms with E-state index in [1.807, 2.05) is 0 Å². The summed E-state index contributed by atoms with van der Waals surface area (Å²) >= 11 is 5.62. The highest BCUT2D eigenvalue weighted by molar-refractivity contribution is 6.30. The van der Waals surface area contributed by atoms with Crippen molar-refractivity contribution in [2.24, 2.45) is 0 Å². The number of carbonyl (C=O) groups excluding carboxylic acids is 1. The maximum absolute atomic E-state index is 13.4. The van der Waals surface area contributed by atoms with Crippen molar-refractivity contribution in [3.05, 3.63) is 40.8 Å². The standard InChI is InChI=1S/C19H18ClFN4O5/c20-12-2-1-11(3-13(12)21)29-6-14(26)22-19-7-18(8-19,9-19)16-24-23-15(30-16)10-4-25(5-10)17(27)28/h1-3,10H,4-9H2,(H,22,26)(H,27,28). The summed E-state index contributed by atoms with van der Waals surface area (Å²) in [5.74, 6) is 0.305. The minimum atomic E-state index is -0.951. The molecule has 30 heavy (non-hydrogen) atoms. The number of nitrogens with one attached hydrogen (secondary N) is 1. The average Bonchev–Trinajstić information content (AvgIpc) is 3.05. The molecule has 1 aromatic heterocycles. The molecule has 9 nitrogen and oxygen atoms in total. The van der Waals surface area contributed by atoms with E-state index in [0.717, 1.165) is 6.07 Å². The molecule has 2 bridgehead atoms. The highest BCUT2D eigenvalue weighted by atomic mass is 35.5. The van der Waals surface area contributed by atoms with Gasteiger partial charge >= 0.3 is 6.09 Å². The summed E-state index contributed by atoms with van der Waals surface area (Å²) in [6.45, 7) is 0.505. The third-order valence-electron chi connectivity index (χ3n) is 6.09. The minimum Gasteiger partial charge on any atom is -0.484 e. The molecule has 11 heteroatoms. The van der Waals surface area contributed by atoms with Gasteiger partial charge in [0.25, 0.3) is 5.91 Å². The molecule has 2 amide bonds. The van der Waals surface area contributed by atoms with E-state index in [2.05, 4.69) is 15.5 Å². The lowest BCUT2D eigenvalue weighted by atomic mass is 9.39. The quantitative estimate of drug-likeness (QED) is 0.713. The van der Waals surface area contributed by atoms with Crippen LogP contribution in [0.1, 0.15) is 37.0 Å². The summed E-state index contributed by atoms with van der Waals surface area (Å²) in [6.07, 6.45) is 1.16. The van der Waals surface area contributed by atoms with Crippen LogP contribution in [0.4, 0.5) is 9.18 Å². The zero-order chi connectivity index (χ0) is 21.1. The van der Waals surface area contributed by atoms with Gasteiger partial charge in [-0.05, 0) is 31.4 Å². The maximum Gasteiger partial charge on any atom is 0.407 e. The maximum atomic E-state index is 13.4. The van der Waals surface area contributed by atoms with Gasteiger partial charge in [0, 0.05) is 24.7 Å². The van der Waals surface area contributed by atoms with Crippen molar-refractivity contribution in [2.75, 3.05) is 19.7 Å². The van der Waals surface area contributed by atoms with Crippen LogP contribution in [0.2, 0.25) is 5.02 Å². The number of ether oxygens (including phenoxy) is 1. The molecule has 0 unspecified atom stereocenters. The zero-order valence-electron chi connectivity index (χ0n) is 15.7. The Morgan fingerprint density at radius 1 is 1.33 bits per heavy atom. The predicted molar refractivity (Wildman–Crippen MR) is 99.9 cm³/mol. The van der Waals surface area contributed by atoms with Crippen molar-refractivity contribution >= 4 is 23.6 Å². The molecule has 6 rings (SSSR count). The molecule has 2 aromatic rings. The monoisotopic (exact) mass is 436 g/mol. The molecule has 3 saturated carbocycles. The Labute approximate surface area is 175 Å². The van der Waals surface area contributed by atoms with Crippen LogP contribution in [0.3, 0.4) is 0 Å². The van der Waals surface area contributed by atoms with E-state index in [1.54, 1.807) is 0 Å². The molecule has 2 heterocycles. The van der Waals surface area contributed by atoms with Crippen LogP contribution < -0.4 is 10.1 Å². The second-order valence-electron chi connectivity index (χ2n) is 8.33. The summed E-state index contributed by atoms with van der Waals surface area (Å²) < 4.78 is 24.6. The van der Waals surface area contributed by atoms with E-state index in [0.29, 0.717) is 44.1 Å². The number of hydrogen-bond donors (Lipinski definition) is 2. The fraction of sp³-hybridized carbons (Fsp3) is 0.474. The number of carboxylic acid groups (broad SMARTS) is 1. The molecule has 1 saturated heterocycles. The van der Waals surface area contributed by atoms with Crippen molar-refractivity contribution in [1.82, 2.24) is 20.4 Å². The van der Waals surface area contributed by atoms with Gasteiger partial charge < -0.3 is 24.5 Å². The Morgan fingerprint density at radius 3 is 2.73 bits per heavy atom. The SMILES string of the molecule is O=C(COc1ccc(Cl)c(F)c1)NC12CC(c3nnc(C4CN(C(=O)O)C4)o3)(C1)C2. The van der Waals surface area contributed by atoms with E-state index in [4.69, 9.17) is 25.9 Å². The van der Waals surface area contributed by atoms with Gasteiger partial charge in [-0.2, -0.15) is 0 Å². The van der Waals surface area contributed by atoms with Gasteiger partial charge in [-0.25, -0.2) is 9.18 Å². The molecule has 1 aliphatic heterocycles. The molecule has 4 aliphatic rings. The second kappa shape index (κ2) is 6.56. The molecule has 4 fully saturated rings. The van der Waals surface area contributed by atoms with Crippen LogP contribution in [0.25, 0.3) is 0 Å². The number of hydrogen-bond acceptors (Lipinski definition) is 6. The van der Waals surface area contributed by atoms with Crippen molar-refractivity contribution in [3.63, 3.8) is 0 Å². The lowest BCUT2D eigenvalue weighted by molar-refractivity contribution is -0.143. The Balaban J connectivity index is 1.11. The number of benzene rings is 1. The Hall–Kier alpha value is -2.88. The third-order valence-corrected chi connectivity index (χ3v) is 6.40. The number of amides is 2. The first-order chi connectivity index (χ1) is 14.3. The highest BCUT2D eigenvalue weighted by Gasteiger charge is 2.71. The van der Waals surface area contributed by atoms with E-state index >= 15 is 0 Å². The van der Waals surface area contributed by atoms with Gasteiger partial charge in [0.2, 0.25) is 11.8 Å². The van der Waals surface area contributed by atoms with Gasteiger partial charge in [0.15, 0.2) is 6.61 Å². The van der Waals surface area contributed by atoms with E-state index < -0.39 is 11.9 Å². The van der Waals surface area contributed by atoms with Gasteiger partial charge in [-0.3, -0.25) is 4.79 Å². The molecule has 0 spiro atoms. The normalized spacial score (nSPS) is 26.9. The first-order valence-electron chi connectivity index (χ1n) is 9.48. The summed E-state index contributed by atoms with van der Waals surface area (Å²) in [6, 6.07) is 4.01. The number of carbonyl (C=O) groups is 2. The van der Waals surface area contributed by atoms with Crippen LogP contribution in [0, 0.1) is 5.82 Å². The molecular weight excluding hydrogens is 419 g/mol. The second-order valence-corrected chi connectivity index (χ2v) is 8.74. The van der Waals surface area contributed by atoms with Gasteiger partial charge in [-0.15, -0.1) is 10.2 Å². The van der Waals surface area contributed by atoms with Crippen LogP contribution in [0.15, 0.2) is 22.6 Å². The predicted octanol–water partition coefficient (Wildman–Crippen LogP) is 2.31. The Kier molecular flexibility index (Phi) is 4.18. The minimum absolute atomic E-state index is 0.00771. The molecule has 0 atom stereocenters. The molecule has 158 valence electrons. The van der Waals surface area contributed by atoms with Crippen LogP contribution in [-0.2, 0) is 10.2 Å². The van der Waals surface area contributed by atoms with Crippen LogP contribution >= 0.6 is 11.6 Å². The topological polar surface area (TPSA) is 118 Å². The van der Waals surface area contributed by atoms with Crippen LogP contribution in [0.5, 0.6) is 5.75 Å². The largest absolute Gasteiger partial charge is 0.484 e. The van der Waals surface area contributed by atoms with Crippen molar-refractivity contribution in [3.8, 4) is 5.75 Å². The first-order valence-corrected chi connectivity index (χ1v) is 9.86.